The van der Waals surface area contributed by atoms with Gasteiger partial charge in [-0.25, -0.2) is 0 Å². The van der Waals surface area contributed by atoms with Crippen LogP contribution in [0.2, 0.25) is 0 Å². The minimum atomic E-state index is -2.72. The highest BCUT2D eigenvalue weighted by molar-refractivity contribution is 7.38. The standard InChI is InChI=1S/C25H45O5P/c1-6-7-8-9-10-11-12-13-14-15-16-17-18-25(31(26)27)21(2)19-23(4)29-22(25,3)20-24(5,28-21)30-23/h6-20H2,1-5H3. The van der Waals surface area contributed by atoms with Crippen LogP contribution in [0.4, 0.5) is 0 Å². The van der Waals surface area contributed by atoms with Gasteiger partial charge in [0.1, 0.15) is 11.2 Å². The number of unbranched alkanes of at least 4 members (excludes halogenated alkanes) is 11. The van der Waals surface area contributed by atoms with Crippen LogP contribution in [0.5, 0.6) is 0 Å². The van der Waals surface area contributed by atoms with Gasteiger partial charge in [-0.05, 0) is 34.1 Å². The lowest BCUT2D eigenvalue weighted by Crippen LogP contribution is -2.84. The van der Waals surface area contributed by atoms with Gasteiger partial charge in [0.2, 0.25) is 5.16 Å². The maximum atomic E-state index is 12.8. The number of hydrogen-bond acceptors (Lipinski definition) is 5. The smallest absolute Gasteiger partial charge is 0.321 e. The second kappa shape index (κ2) is 9.66. The molecular weight excluding hydrogens is 411 g/mol. The molecule has 4 rings (SSSR count). The van der Waals surface area contributed by atoms with E-state index in [1.54, 1.807) is 0 Å². The van der Waals surface area contributed by atoms with Crippen molar-refractivity contribution >= 4 is 8.03 Å². The molecule has 0 aromatic heterocycles. The zero-order valence-electron chi connectivity index (χ0n) is 20.6. The molecule has 4 aliphatic rings. The van der Waals surface area contributed by atoms with Gasteiger partial charge in [0.25, 0.3) is 0 Å². The normalized spacial score (nSPS) is 41.7. The summed E-state index contributed by atoms with van der Waals surface area (Å²) in [6.45, 7) is 10.1. The molecule has 4 saturated heterocycles. The van der Waals surface area contributed by atoms with Crippen molar-refractivity contribution in [3.63, 3.8) is 0 Å². The summed E-state index contributed by atoms with van der Waals surface area (Å²) in [4.78, 5) is 12.8. The van der Waals surface area contributed by atoms with Crippen molar-refractivity contribution in [2.45, 2.75) is 159 Å². The first-order valence-electron chi connectivity index (χ1n) is 12.8. The molecule has 4 heterocycles. The van der Waals surface area contributed by atoms with Crippen molar-refractivity contribution in [2.75, 3.05) is 0 Å². The molecule has 5 atom stereocenters. The fourth-order valence-corrected chi connectivity index (χ4v) is 8.50. The predicted octanol–water partition coefficient (Wildman–Crippen LogP) is 6.74. The lowest BCUT2D eigenvalue weighted by molar-refractivity contribution is -0.524. The molecule has 31 heavy (non-hydrogen) atoms. The van der Waals surface area contributed by atoms with E-state index >= 15 is 0 Å². The molecule has 0 amide bonds. The molecule has 4 fully saturated rings. The van der Waals surface area contributed by atoms with Gasteiger partial charge < -0.3 is 19.1 Å². The highest BCUT2D eigenvalue weighted by Crippen LogP contribution is 2.70. The molecule has 0 spiro atoms. The summed E-state index contributed by atoms with van der Waals surface area (Å²) in [5.74, 6) is -1.56. The summed E-state index contributed by atoms with van der Waals surface area (Å²) in [5, 5.41) is -1.00. The van der Waals surface area contributed by atoms with Crippen molar-refractivity contribution in [1.82, 2.24) is 0 Å². The summed E-state index contributed by atoms with van der Waals surface area (Å²) < 4.78 is 31.6. The van der Waals surface area contributed by atoms with Gasteiger partial charge >= 0.3 is 8.03 Å². The molecule has 5 nitrogen and oxygen atoms in total. The van der Waals surface area contributed by atoms with Crippen LogP contribution < -0.4 is 4.89 Å². The van der Waals surface area contributed by atoms with Gasteiger partial charge in [-0.2, -0.15) is 0 Å². The Morgan fingerprint density at radius 1 is 0.677 bits per heavy atom. The molecule has 180 valence electrons. The van der Waals surface area contributed by atoms with Crippen molar-refractivity contribution in [2.24, 2.45) is 0 Å². The third-order valence-corrected chi connectivity index (χ3v) is 9.88. The van der Waals surface area contributed by atoms with Crippen LogP contribution in [0.15, 0.2) is 0 Å². The van der Waals surface area contributed by atoms with E-state index in [9.17, 15) is 9.46 Å². The van der Waals surface area contributed by atoms with Crippen LogP contribution in [-0.2, 0) is 18.8 Å². The molecule has 0 aromatic carbocycles. The minimum Gasteiger partial charge on any atom is -0.595 e. The van der Waals surface area contributed by atoms with Crippen LogP contribution in [0.1, 0.15) is 131 Å². The minimum absolute atomic E-state index is 0.451. The van der Waals surface area contributed by atoms with E-state index in [1.807, 2.05) is 27.7 Å². The van der Waals surface area contributed by atoms with Gasteiger partial charge in [-0.3, -0.25) is 0 Å². The molecule has 4 aliphatic heterocycles. The molecule has 5 unspecified atom stereocenters. The first-order valence-corrected chi connectivity index (χ1v) is 14.0. The molecule has 0 N–H and O–H groups in total. The van der Waals surface area contributed by atoms with Crippen LogP contribution in [0, 0.1) is 0 Å². The Morgan fingerprint density at radius 2 is 1.06 bits per heavy atom. The summed E-state index contributed by atoms with van der Waals surface area (Å²) in [6, 6.07) is 0. The monoisotopic (exact) mass is 456 g/mol. The Balaban J connectivity index is 1.47. The third-order valence-electron chi connectivity index (χ3n) is 8.08. The summed E-state index contributed by atoms with van der Waals surface area (Å²) >= 11 is 0. The van der Waals surface area contributed by atoms with E-state index in [-0.39, 0.29) is 0 Å². The van der Waals surface area contributed by atoms with E-state index < -0.39 is 36.0 Å². The van der Waals surface area contributed by atoms with Gasteiger partial charge in [0, 0.05) is 19.3 Å². The molecule has 6 heteroatoms. The van der Waals surface area contributed by atoms with Gasteiger partial charge in [-0.1, -0.05) is 82.1 Å². The summed E-state index contributed by atoms with van der Waals surface area (Å²) in [5.41, 5.74) is -1.57. The highest BCUT2D eigenvalue weighted by atomic mass is 31.1. The van der Waals surface area contributed by atoms with E-state index in [0.29, 0.717) is 19.3 Å². The SMILES string of the molecule is CCCCCCCCCCCCCCC1([P+](=O)[O-])C2(C)CC3(C)OC(C)(CC1(C)O3)O2. The fourth-order valence-electron chi connectivity index (χ4n) is 7.14. The quantitative estimate of drug-likeness (QED) is 0.214. The second-order valence-corrected chi connectivity index (χ2v) is 12.4. The molecular formula is C25H45O5P. The zero-order valence-corrected chi connectivity index (χ0v) is 21.5. The summed E-state index contributed by atoms with van der Waals surface area (Å²) in [7, 11) is -2.72. The Morgan fingerprint density at radius 3 is 1.45 bits per heavy atom. The van der Waals surface area contributed by atoms with E-state index in [2.05, 4.69) is 6.92 Å². The Kier molecular flexibility index (Phi) is 7.97. The number of rotatable bonds is 14. The van der Waals surface area contributed by atoms with Gasteiger partial charge in [-0.15, -0.1) is 0 Å². The maximum Gasteiger partial charge on any atom is 0.321 e. The summed E-state index contributed by atoms with van der Waals surface area (Å²) in [6.07, 6.45) is 16.7. The van der Waals surface area contributed by atoms with Crippen LogP contribution >= 0.6 is 8.03 Å². The maximum absolute atomic E-state index is 12.8. The van der Waals surface area contributed by atoms with Crippen molar-refractivity contribution < 1.29 is 23.7 Å². The second-order valence-electron chi connectivity index (χ2n) is 11.1. The van der Waals surface area contributed by atoms with Crippen molar-refractivity contribution in [3.8, 4) is 0 Å². The largest absolute Gasteiger partial charge is 0.595 e. The zero-order chi connectivity index (χ0) is 22.8. The Hall–Kier alpha value is -0.0600. The lowest BCUT2D eigenvalue weighted by Gasteiger charge is -2.70. The predicted molar refractivity (Wildman–Crippen MR) is 122 cm³/mol. The number of hydrogen-bond donors (Lipinski definition) is 0. The number of ether oxygens (including phenoxy) is 3. The van der Waals surface area contributed by atoms with Gasteiger partial charge in [0.15, 0.2) is 11.6 Å². The topological polar surface area (TPSA) is 67.8 Å². The third kappa shape index (κ3) is 4.92. The molecule has 0 aliphatic carbocycles. The average Bonchev–Trinajstić information content (AvgIpc) is 2.61. The van der Waals surface area contributed by atoms with Crippen molar-refractivity contribution in [3.05, 3.63) is 0 Å². The van der Waals surface area contributed by atoms with E-state index in [1.165, 1.54) is 64.2 Å². The van der Waals surface area contributed by atoms with Gasteiger partial charge in [0.05, 0.1) is 0 Å². The van der Waals surface area contributed by atoms with Crippen LogP contribution in [0.25, 0.3) is 0 Å². The Bertz CT molecular complexity index is 591. The molecule has 4 bridgehead atoms. The Labute approximate surface area is 190 Å². The molecule has 0 saturated carbocycles. The fraction of sp³-hybridized carbons (Fsp3) is 1.00. The first-order chi connectivity index (χ1) is 14.5. The lowest BCUT2D eigenvalue weighted by atomic mass is 9.62. The van der Waals surface area contributed by atoms with E-state index in [0.717, 1.165) is 12.8 Å². The first kappa shape index (κ1) is 25.6. The van der Waals surface area contributed by atoms with E-state index in [4.69, 9.17) is 14.2 Å². The van der Waals surface area contributed by atoms with Crippen molar-refractivity contribution in [1.29, 1.82) is 0 Å². The highest BCUT2D eigenvalue weighted by Gasteiger charge is 2.83. The molecule has 0 radical (unpaired) electrons. The average molecular weight is 457 g/mol. The van der Waals surface area contributed by atoms with Crippen LogP contribution in [0.3, 0.4) is 0 Å². The van der Waals surface area contributed by atoms with Crippen LogP contribution in [-0.4, -0.2) is 27.9 Å². The molecule has 0 aromatic rings.